The number of amides is 1. The molecule has 2 unspecified atom stereocenters. The topological polar surface area (TPSA) is 55.1 Å². The summed E-state index contributed by atoms with van der Waals surface area (Å²) in [4.78, 5) is 11.9. The Balaban J connectivity index is 0.00000200. The number of carbonyl (C=O) groups is 1. The summed E-state index contributed by atoms with van der Waals surface area (Å²) in [5, 5.41) is 2.62. The van der Waals surface area contributed by atoms with E-state index in [-0.39, 0.29) is 36.0 Å². The minimum absolute atomic E-state index is 0. The van der Waals surface area contributed by atoms with Gasteiger partial charge in [0.1, 0.15) is 5.82 Å². The van der Waals surface area contributed by atoms with Gasteiger partial charge in [0.05, 0.1) is 5.69 Å². The van der Waals surface area contributed by atoms with Crippen molar-refractivity contribution >= 4 is 39.9 Å². The van der Waals surface area contributed by atoms with Crippen LogP contribution in [0.2, 0.25) is 0 Å². The fourth-order valence-corrected chi connectivity index (χ4v) is 2.88. The van der Waals surface area contributed by atoms with Gasteiger partial charge in [0.15, 0.2) is 0 Å². The number of hydrogen-bond acceptors (Lipinski definition) is 2. The van der Waals surface area contributed by atoms with Crippen LogP contribution in [0, 0.1) is 11.7 Å². The Labute approximate surface area is 133 Å². The summed E-state index contributed by atoms with van der Waals surface area (Å²) in [5.41, 5.74) is 6.22. The summed E-state index contributed by atoms with van der Waals surface area (Å²) in [6, 6.07) is 4.58. The number of nitrogens with two attached hydrogens (primary N) is 1. The largest absolute Gasteiger partial charge is 0.327 e. The summed E-state index contributed by atoms with van der Waals surface area (Å²) < 4.78 is 14.3. The average Bonchev–Trinajstić information content (AvgIpc) is 2.37. The van der Waals surface area contributed by atoms with E-state index in [1.165, 1.54) is 6.07 Å². The fraction of sp³-hybridized carbons (Fsp3) is 0.500. The molecule has 1 amide bonds. The number of carbonyl (C=O) groups excluding carboxylic acids is 1. The van der Waals surface area contributed by atoms with E-state index in [0.29, 0.717) is 6.42 Å². The lowest BCUT2D eigenvalue weighted by Gasteiger charge is -2.27. The molecule has 1 aromatic carbocycles. The van der Waals surface area contributed by atoms with Crippen LogP contribution in [0.15, 0.2) is 22.7 Å². The summed E-state index contributed by atoms with van der Waals surface area (Å²) in [5.74, 6) is -0.382. The van der Waals surface area contributed by atoms with Crippen molar-refractivity contribution < 1.29 is 9.18 Å². The molecule has 1 fully saturated rings. The van der Waals surface area contributed by atoms with Crippen molar-refractivity contribution in [1.29, 1.82) is 0 Å². The van der Waals surface area contributed by atoms with Crippen molar-refractivity contribution in [2.45, 2.75) is 38.1 Å². The van der Waals surface area contributed by atoms with E-state index in [9.17, 15) is 9.18 Å². The zero-order valence-corrected chi connectivity index (χ0v) is 13.5. The number of rotatable bonds is 3. The second-order valence-corrected chi connectivity index (χ2v) is 6.00. The predicted molar refractivity (Wildman–Crippen MR) is 84.5 cm³/mol. The second-order valence-electron chi connectivity index (χ2n) is 5.08. The van der Waals surface area contributed by atoms with Gasteiger partial charge in [0.2, 0.25) is 5.91 Å². The first-order chi connectivity index (χ1) is 9.06. The molecule has 1 saturated carbocycles. The summed E-state index contributed by atoms with van der Waals surface area (Å²) in [6.07, 6.45) is 4.59. The van der Waals surface area contributed by atoms with Crippen LogP contribution in [0.4, 0.5) is 10.1 Å². The van der Waals surface area contributed by atoms with Crippen molar-refractivity contribution in [3.05, 3.63) is 28.5 Å². The lowest BCUT2D eigenvalue weighted by Crippen LogP contribution is -2.35. The normalized spacial score (nSPS) is 21.9. The molecule has 2 rings (SSSR count). The summed E-state index contributed by atoms with van der Waals surface area (Å²) in [6.45, 7) is 0. The average molecular weight is 366 g/mol. The number of benzene rings is 1. The molecular weight excluding hydrogens is 347 g/mol. The van der Waals surface area contributed by atoms with Crippen LogP contribution in [0.25, 0.3) is 0 Å². The zero-order chi connectivity index (χ0) is 13.8. The lowest BCUT2D eigenvalue weighted by atomic mass is 9.83. The van der Waals surface area contributed by atoms with Gasteiger partial charge in [-0.05, 0) is 37.0 Å². The maximum Gasteiger partial charge on any atom is 0.224 e. The van der Waals surface area contributed by atoms with Gasteiger partial charge >= 0.3 is 0 Å². The van der Waals surface area contributed by atoms with Crippen molar-refractivity contribution in [3.63, 3.8) is 0 Å². The maximum atomic E-state index is 13.5. The fourth-order valence-electron chi connectivity index (χ4n) is 2.52. The smallest absolute Gasteiger partial charge is 0.224 e. The third-order valence-corrected chi connectivity index (χ3v) is 4.11. The maximum absolute atomic E-state index is 13.5. The molecule has 1 aliphatic rings. The Morgan fingerprint density at radius 3 is 2.80 bits per heavy atom. The van der Waals surface area contributed by atoms with Gasteiger partial charge in [-0.1, -0.05) is 28.8 Å². The van der Waals surface area contributed by atoms with Crippen molar-refractivity contribution in [3.8, 4) is 0 Å². The Morgan fingerprint density at radius 1 is 1.40 bits per heavy atom. The van der Waals surface area contributed by atoms with E-state index >= 15 is 0 Å². The predicted octanol–water partition coefficient (Wildman–Crippen LogP) is 3.86. The first kappa shape index (κ1) is 17.4. The van der Waals surface area contributed by atoms with E-state index in [2.05, 4.69) is 21.2 Å². The molecule has 3 N–H and O–H groups in total. The second kappa shape index (κ2) is 7.96. The third-order valence-electron chi connectivity index (χ3n) is 3.62. The number of nitrogens with one attached hydrogen (secondary N) is 1. The van der Waals surface area contributed by atoms with Crippen LogP contribution in [0.5, 0.6) is 0 Å². The molecule has 6 heteroatoms. The Hall–Kier alpha value is -0.650. The van der Waals surface area contributed by atoms with E-state index in [1.54, 1.807) is 12.1 Å². The van der Waals surface area contributed by atoms with Crippen molar-refractivity contribution in [1.82, 2.24) is 0 Å². The van der Waals surface area contributed by atoms with Crippen LogP contribution < -0.4 is 11.1 Å². The first-order valence-electron chi connectivity index (χ1n) is 6.57. The van der Waals surface area contributed by atoms with Gasteiger partial charge in [0.25, 0.3) is 0 Å². The molecular formula is C14H19BrClFN2O. The molecule has 0 heterocycles. The zero-order valence-electron chi connectivity index (χ0n) is 11.1. The number of hydrogen-bond donors (Lipinski definition) is 2. The molecule has 0 saturated heterocycles. The van der Waals surface area contributed by atoms with Crippen LogP contribution in [-0.4, -0.2) is 11.9 Å². The molecule has 2 atom stereocenters. The van der Waals surface area contributed by atoms with E-state index in [4.69, 9.17) is 5.73 Å². The minimum Gasteiger partial charge on any atom is -0.327 e. The molecule has 20 heavy (non-hydrogen) atoms. The lowest BCUT2D eigenvalue weighted by molar-refractivity contribution is -0.117. The van der Waals surface area contributed by atoms with E-state index in [0.717, 1.165) is 30.2 Å². The van der Waals surface area contributed by atoms with Gasteiger partial charge in [-0.3, -0.25) is 4.79 Å². The molecule has 112 valence electrons. The van der Waals surface area contributed by atoms with Gasteiger partial charge < -0.3 is 11.1 Å². The molecule has 0 aromatic heterocycles. The minimum atomic E-state index is -0.426. The highest BCUT2D eigenvalue weighted by Crippen LogP contribution is 2.26. The summed E-state index contributed by atoms with van der Waals surface area (Å²) >= 11 is 3.26. The highest BCUT2D eigenvalue weighted by molar-refractivity contribution is 9.10. The Bertz CT molecular complexity index is 472. The van der Waals surface area contributed by atoms with Gasteiger partial charge in [0, 0.05) is 16.9 Å². The molecule has 1 aliphatic carbocycles. The van der Waals surface area contributed by atoms with Gasteiger partial charge in [-0.25, -0.2) is 4.39 Å². The van der Waals surface area contributed by atoms with Gasteiger partial charge in [-0.2, -0.15) is 0 Å². The first-order valence-corrected chi connectivity index (χ1v) is 7.36. The molecule has 0 spiro atoms. The van der Waals surface area contributed by atoms with E-state index in [1.807, 2.05) is 0 Å². The monoisotopic (exact) mass is 364 g/mol. The third kappa shape index (κ3) is 4.72. The number of anilines is 1. The molecule has 0 radical (unpaired) electrons. The van der Waals surface area contributed by atoms with E-state index < -0.39 is 5.82 Å². The molecule has 0 bridgehead atoms. The molecule has 1 aromatic rings. The van der Waals surface area contributed by atoms with Crippen molar-refractivity contribution in [2.24, 2.45) is 11.7 Å². The van der Waals surface area contributed by atoms with Crippen molar-refractivity contribution in [2.75, 3.05) is 5.32 Å². The standard InChI is InChI=1S/C14H18BrFN2O.ClH/c15-10-5-6-11(16)13(8-10)18-14(19)7-9-3-1-2-4-12(9)17;/h5-6,8-9,12H,1-4,7,17H2,(H,18,19);1H. The van der Waals surface area contributed by atoms with Crippen LogP contribution in [0.1, 0.15) is 32.1 Å². The Kier molecular flexibility index (Phi) is 6.92. The van der Waals surface area contributed by atoms with Crippen LogP contribution >= 0.6 is 28.3 Å². The van der Waals surface area contributed by atoms with Crippen LogP contribution in [0.3, 0.4) is 0 Å². The molecule has 3 nitrogen and oxygen atoms in total. The van der Waals surface area contributed by atoms with Gasteiger partial charge in [-0.15, -0.1) is 12.4 Å². The van der Waals surface area contributed by atoms with Crippen LogP contribution in [-0.2, 0) is 4.79 Å². The highest BCUT2D eigenvalue weighted by Gasteiger charge is 2.24. The molecule has 0 aliphatic heterocycles. The SMILES string of the molecule is Cl.NC1CCCCC1CC(=O)Nc1cc(Br)ccc1F. The number of halogens is 3. The Morgan fingerprint density at radius 2 is 2.10 bits per heavy atom. The highest BCUT2D eigenvalue weighted by atomic mass is 79.9. The summed E-state index contributed by atoms with van der Waals surface area (Å²) in [7, 11) is 0. The quantitative estimate of drug-likeness (QED) is 0.854.